The molecule has 0 aromatic carbocycles. The molecule has 0 spiro atoms. The van der Waals surface area contributed by atoms with Gasteiger partial charge in [0.05, 0.1) is 129 Å². The number of rotatable bonds is 6. The molecule has 0 amide bonds. The molecule has 63 heteroatoms. The summed E-state index contributed by atoms with van der Waals surface area (Å²) in [6, 6.07) is 8.68. The average molecular weight is 2020 g/mol. The van der Waals surface area contributed by atoms with Crippen LogP contribution in [0.2, 0.25) is 0 Å². The van der Waals surface area contributed by atoms with E-state index in [2.05, 4.69) is 57.4 Å². The minimum absolute atomic E-state index is 0.170. The van der Waals surface area contributed by atoms with Gasteiger partial charge in [0, 0.05) is 93.2 Å². The maximum atomic E-state index is 13.5. The Morgan fingerprint density at radius 1 is 0.357 bits per heavy atom. The zero-order chi connectivity index (χ0) is 90.3. The standard InChI is InChI=1S/3C22H25N7O10P2S2/c3*23-11-1-3-26-29-12(8-25-20(11)29)13-7-14-15(36-13)9-34-41(33,43)39-19-18(31)16(10-35-40(32,42)38-14)37-21(19)28-5-2-17(30)27-6-4-24-22(27)28/h3*1-6,8,13-16,18-19,21,31H,7,9-10,23H2,(H,32,42)(H,33,43)/t3*13-,14+,15-,16-,18-,19-,21-,40?,41?/m111/s1. The largest absolute Gasteiger partial charge is 0.396 e. The number of aromatic nitrogens is 18. The van der Waals surface area contributed by atoms with E-state index in [4.69, 9.17) is 159 Å². The van der Waals surface area contributed by atoms with Gasteiger partial charge in [0.2, 0.25) is 17.3 Å². The quantitative estimate of drug-likeness (QED) is 0.0824. The minimum Gasteiger partial charge on any atom is -0.396 e. The van der Waals surface area contributed by atoms with E-state index in [9.17, 15) is 58.7 Å². The Bertz CT molecular complexity index is 6190. The van der Waals surface area contributed by atoms with Crippen molar-refractivity contribution in [1.29, 1.82) is 0 Å². The molecule has 690 valence electrons. The van der Waals surface area contributed by atoms with E-state index in [0.29, 0.717) is 51.1 Å². The summed E-state index contributed by atoms with van der Waals surface area (Å²) in [7, 11) is 0. The van der Waals surface area contributed by atoms with Crippen LogP contribution in [0.3, 0.4) is 0 Å². The maximum Gasteiger partial charge on any atom is 0.386 e. The third kappa shape index (κ3) is 18.5. The van der Waals surface area contributed by atoms with Crippen LogP contribution in [-0.4, -0.2) is 257 Å². The smallest absolute Gasteiger partial charge is 0.386 e. The van der Waals surface area contributed by atoms with Gasteiger partial charge in [-0.25, -0.2) is 48.0 Å². The van der Waals surface area contributed by atoms with Crippen LogP contribution < -0.4 is 33.9 Å². The van der Waals surface area contributed by atoms with Crippen molar-refractivity contribution in [2.24, 2.45) is 0 Å². The molecule has 0 radical (unpaired) electrons. The summed E-state index contributed by atoms with van der Waals surface area (Å²) in [6.45, 7) is -26.4. The number of nitrogen functional groups attached to an aromatic ring is 3. The topological polar surface area (TPSA) is 632 Å². The highest BCUT2D eigenvalue weighted by molar-refractivity contribution is 8.44. The summed E-state index contributed by atoms with van der Waals surface area (Å²) in [5, 5.41) is 46.4. The second-order valence-corrected chi connectivity index (χ2v) is 47.0. The predicted octanol–water partition coefficient (Wildman–Crippen LogP) is 1.30. The first kappa shape index (κ1) is 91.4. The number of hydrogen-bond acceptors (Lipinski definition) is 42. The number of fused-ring (bicyclic) bond motifs is 15. The molecular formula is C66H75N21O30P6S6. The number of hydrogen-bond donors (Lipinski definition) is 12. The van der Waals surface area contributed by atoms with Crippen LogP contribution in [-0.2, 0) is 146 Å². The Morgan fingerprint density at radius 3 is 0.946 bits per heavy atom. The summed E-state index contributed by atoms with van der Waals surface area (Å²) in [6.07, 6.45) is 0.495. The number of ether oxygens (including phenoxy) is 6. The van der Waals surface area contributed by atoms with Gasteiger partial charge in [-0.05, 0) is 77.2 Å². The van der Waals surface area contributed by atoms with Crippen LogP contribution >= 0.6 is 52.6 Å². The normalized spacial score (nSPS) is 37.1. The summed E-state index contributed by atoms with van der Waals surface area (Å²) in [5.41, 5.74) is 21.3. The molecule has 51 nitrogen and oxygen atoms in total. The van der Waals surface area contributed by atoms with E-state index in [1.54, 1.807) is 36.8 Å². The molecule has 6 bridgehead atoms. The van der Waals surface area contributed by atoms with E-state index in [1.807, 2.05) is 0 Å². The van der Waals surface area contributed by atoms with Gasteiger partial charge < -0.3 is 122 Å². The van der Waals surface area contributed by atoms with Gasteiger partial charge >= 0.3 is 40.4 Å². The van der Waals surface area contributed by atoms with Crippen molar-refractivity contribution in [2.75, 3.05) is 56.8 Å². The molecule has 9 saturated heterocycles. The van der Waals surface area contributed by atoms with E-state index >= 15 is 0 Å². The number of aliphatic hydroxyl groups excluding tert-OH is 3. The number of nitrogens with two attached hydrogens (primary N) is 3. The van der Waals surface area contributed by atoms with Gasteiger partial charge in [-0.1, -0.05) is 12.2 Å². The van der Waals surface area contributed by atoms with Crippen LogP contribution in [0.25, 0.3) is 34.3 Å². The van der Waals surface area contributed by atoms with Crippen molar-refractivity contribution >= 4 is 163 Å². The lowest BCUT2D eigenvalue weighted by Gasteiger charge is -2.28. The Balaban J connectivity index is 0.000000126. The first-order valence-electron chi connectivity index (χ1n) is 38.8. The molecule has 9 fully saturated rings. The van der Waals surface area contributed by atoms with Gasteiger partial charge in [-0.15, -0.1) is 0 Å². The van der Waals surface area contributed by atoms with E-state index < -0.39 is 189 Å². The van der Waals surface area contributed by atoms with Crippen molar-refractivity contribution in [2.45, 2.75) is 148 Å². The van der Waals surface area contributed by atoms with Crippen LogP contribution in [0.15, 0.2) is 144 Å². The molecule has 9 aliphatic rings. The van der Waals surface area contributed by atoms with Crippen molar-refractivity contribution in [3.8, 4) is 0 Å². The Morgan fingerprint density at radius 2 is 0.636 bits per heavy atom. The van der Waals surface area contributed by atoms with Crippen molar-refractivity contribution in [3.63, 3.8) is 0 Å². The molecule has 12 aromatic rings. The number of anilines is 3. The van der Waals surface area contributed by atoms with Gasteiger partial charge in [0.1, 0.15) is 91.6 Å². The first-order valence-corrected chi connectivity index (χ1v) is 54.4. The lowest BCUT2D eigenvalue weighted by molar-refractivity contribution is -0.0567. The minimum atomic E-state index is -4.21. The molecule has 0 saturated carbocycles. The fraction of sp³-hybridized carbons (Fsp3) is 0.455. The van der Waals surface area contributed by atoms with Crippen LogP contribution in [0.1, 0.15) is 73.3 Å². The van der Waals surface area contributed by atoms with Gasteiger partial charge in [0.15, 0.2) is 35.6 Å². The molecule has 27 atom stereocenters. The molecule has 14 N–H and O–H groups in total. The Labute approximate surface area is 753 Å². The summed E-state index contributed by atoms with van der Waals surface area (Å²) in [4.78, 5) is 118. The zero-order valence-electron chi connectivity index (χ0n) is 65.6. The average Bonchev–Trinajstić information content (AvgIpc) is 1.59. The maximum absolute atomic E-state index is 13.5. The Hall–Kier alpha value is -6.69. The van der Waals surface area contributed by atoms with Crippen LogP contribution in [0.5, 0.6) is 0 Å². The van der Waals surface area contributed by atoms with Crippen molar-refractivity contribution < 1.29 is 127 Å². The van der Waals surface area contributed by atoms with E-state index in [-0.39, 0.29) is 73.1 Å². The van der Waals surface area contributed by atoms with Gasteiger partial charge in [0.25, 0.3) is 16.7 Å². The summed E-state index contributed by atoms with van der Waals surface area (Å²) < 4.78 is 132. The number of imidazole rings is 6. The van der Waals surface area contributed by atoms with E-state index in [0.717, 1.165) is 0 Å². The van der Waals surface area contributed by atoms with Crippen molar-refractivity contribution in [1.82, 2.24) is 85.6 Å². The highest BCUT2D eigenvalue weighted by atomic mass is 32.7. The molecular weight excluding hydrogens is 1950 g/mol. The highest BCUT2D eigenvalue weighted by Gasteiger charge is 2.56. The zero-order valence-corrected chi connectivity index (χ0v) is 76.0. The lowest BCUT2D eigenvalue weighted by atomic mass is 10.1. The fourth-order valence-corrected chi connectivity index (χ4v) is 24.8. The van der Waals surface area contributed by atoms with Crippen LogP contribution in [0.4, 0.5) is 17.1 Å². The van der Waals surface area contributed by atoms with Gasteiger partial charge in [-0.2, -0.15) is 15.3 Å². The summed E-state index contributed by atoms with van der Waals surface area (Å²) >= 11 is 30.7. The van der Waals surface area contributed by atoms with Gasteiger partial charge in [-0.3, -0.25) is 59.4 Å². The highest BCUT2D eigenvalue weighted by Crippen LogP contribution is 2.61. The number of aliphatic hydroxyl groups is 3. The monoisotopic (exact) mass is 2020 g/mol. The molecule has 129 heavy (non-hydrogen) atoms. The summed E-state index contributed by atoms with van der Waals surface area (Å²) in [5.74, 6) is 0.532. The number of thiol groups is 1. The number of nitrogens with zero attached hydrogens (tertiary/aromatic N) is 18. The Kier molecular flexibility index (Phi) is 25.4. The fourth-order valence-electron chi connectivity index (χ4n) is 16.1. The first-order chi connectivity index (χ1) is 61.5. The van der Waals surface area contributed by atoms with Crippen LogP contribution in [0, 0.1) is 0 Å². The predicted molar refractivity (Wildman–Crippen MR) is 461 cm³/mol. The molecule has 21 rings (SSSR count). The molecule has 9 aliphatic heterocycles. The lowest BCUT2D eigenvalue weighted by Crippen LogP contribution is -2.35. The van der Waals surface area contributed by atoms with Crippen molar-refractivity contribution in [3.05, 3.63) is 177 Å². The SMILES string of the molecule is Nc1ccnn2c([C@H]3C[C@@H]4OP(O)(=S)OC[C@H]5O[C@@H](n6ccc(=O)n7ccnc67)[C@H](OP(=O)(S)OC[C@H]4O3)[C@@H]5O)cnc12.Nc1ccnn2c([C@H]3C[C@@H]4OP(O)(=S)OC[C@H]5O[C@@H](n6ccc(=O)n7ccnc67)[C@H](OP(O)(=S)OC[C@H]4O3)[C@@H]5O)cnc12.Nc1ccnn2c([C@H]3C[C@@H]4OP(O)(=S)OC[C@H]5O[C@@H](n6ccc(=O)n7ccnc67)[C@H](OP(O)(=S)OC[C@H]4O3)[C@@H]5O)cnc12. The third-order valence-electron chi connectivity index (χ3n) is 22.1. The second-order valence-electron chi connectivity index (χ2n) is 30.2. The molecule has 12 aromatic heterocycles. The van der Waals surface area contributed by atoms with E-state index in [1.165, 1.54) is 133 Å². The molecule has 6 unspecified atom stereocenters. The molecule has 0 aliphatic carbocycles. The third-order valence-corrected chi connectivity index (χ3v) is 31.6. The molecule has 21 heterocycles. The second kappa shape index (κ2) is 35.9.